The second-order valence-corrected chi connectivity index (χ2v) is 3.15. The van der Waals surface area contributed by atoms with E-state index in [4.69, 9.17) is 0 Å². The van der Waals surface area contributed by atoms with Gasteiger partial charge in [0.15, 0.2) is 0 Å². The van der Waals surface area contributed by atoms with Gasteiger partial charge in [-0.15, -0.1) is 0 Å². The minimum Gasteiger partial charge on any atom is -0.294 e. The summed E-state index contributed by atoms with van der Waals surface area (Å²) in [7, 11) is 0. The van der Waals surface area contributed by atoms with Crippen molar-refractivity contribution < 1.29 is 0 Å². The Hall–Kier alpha value is -0.0400. The predicted octanol–water partition coefficient (Wildman–Crippen LogP) is 0.463. The summed E-state index contributed by atoms with van der Waals surface area (Å²) >= 11 is 0. The molecule has 0 spiro atoms. The van der Waals surface area contributed by atoms with Crippen molar-refractivity contribution in [3.8, 4) is 0 Å². The Morgan fingerprint density at radius 1 is 1.29 bits per heavy atom. The molecule has 0 amide bonds. The number of fused-ring (bicyclic) bond motifs is 3. The third-order valence-electron chi connectivity index (χ3n) is 2.64. The van der Waals surface area contributed by atoms with Crippen molar-refractivity contribution >= 4 is 0 Å². The second kappa shape index (κ2) is 0.655. The Morgan fingerprint density at radius 3 is 2.71 bits per heavy atom. The standard InChI is InChI=1S/C6H9N/c1-4-2-6(4)7-3-5(1)7/h4-6H,1-3H2. The Morgan fingerprint density at radius 2 is 2.29 bits per heavy atom. The Balaban J connectivity index is 2.02. The molecule has 7 heavy (non-hydrogen) atoms. The van der Waals surface area contributed by atoms with Crippen molar-refractivity contribution in [1.29, 1.82) is 0 Å². The molecule has 0 bridgehead atoms. The first-order valence-corrected chi connectivity index (χ1v) is 3.21. The van der Waals surface area contributed by atoms with E-state index in [9.17, 15) is 0 Å². The van der Waals surface area contributed by atoms with Crippen molar-refractivity contribution in [3.63, 3.8) is 0 Å². The van der Waals surface area contributed by atoms with Gasteiger partial charge in [0.1, 0.15) is 0 Å². The molecule has 3 aliphatic rings. The van der Waals surface area contributed by atoms with Gasteiger partial charge in [0.2, 0.25) is 0 Å². The summed E-state index contributed by atoms with van der Waals surface area (Å²) in [5.74, 6) is 1.17. The zero-order valence-corrected chi connectivity index (χ0v) is 4.30. The SMILES string of the molecule is C1C2CC2N2CC12. The predicted molar refractivity (Wildman–Crippen MR) is 27.0 cm³/mol. The molecule has 2 heterocycles. The quantitative estimate of drug-likeness (QED) is 0.395. The van der Waals surface area contributed by atoms with Crippen LogP contribution in [0.4, 0.5) is 0 Å². The van der Waals surface area contributed by atoms with Gasteiger partial charge in [-0.05, 0) is 18.8 Å². The highest BCUT2D eigenvalue weighted by molar-refractivity contribution is 5.14. The van der Waals surface area contributed by atoms with E-state index < -0.39 is 0 Å². The second-order valence-electron chi connectivity index (χ2n) is 3.15. The average Bonchev–Trinajstić information content (AvgIpc) is 2.47. The van der Waals surface area contributed by atoms with Crippen molar-refractivity contribution in [3.05, 3.63) is 0 Å². The normalized spacial score (nSPS) is 72.0. The van der Waals surface area contributed by atoms with E-state index >= 15 is 0 Å². The van der Waals surface area contributed by atoms with E-state index in [0.29, 0.717) is 0 Å². The van der Waals surface area contributed by atoms with E-state index in [2.05, 4.69) is 4.90 Å². The van der Waals surface area contributed by atoms with Crippen LogP contribution in [0, 0.1) is 5.92 Å². The largest absolute Gasteiger partial charge is 0.294 e. The fourth-order valence-corrected chi connectivity index (χ4v) is 2.05. The Kier molecular flexibility index (Phi) is 0.288. The smallest absolute Gasteiger partial charge is 0.0230 e. The molecule has 1 saturated carbocycles. The molecular formula is C6H9N. The minimum atomic E-state index is 1.07. The maximum Gasteiger partial charge on any atom is 0.0230 e. The van der Waals surface area contributed by atoms with Gasteiger partial charge in [-0.1, -0.05) is 0 Å². The fraction of sp³-hybridized carbons (Fsp3) is 1.00. The third-order valence-corrected chi connectivity index (χ3v) is 2.64. The summed E-state index contributed by atoms with van der Waals surface area (Å²) in [5, 5.41) is 0. The maximum atomic E-state index is 2.64. The zero-order chi connectivity index (χ0) is 4.43. The van der Waals surface area contributed by atoms with Crippen LogP contribution < -0.4 is 0 Å². The first-order valence-electron chi connectivity index (χ1n) is 3.21. The van der Waals surface area contributed by atoms with Gasteiger partial charge in [-0.25, -0.2) is 0 Å². The van der Waals surface area contributed by atoms with E-state index in [1.54, 1.807) is 6.42 Å². The van der Waals surface area contributed by atoms with Crippen LogP contribution >= 0.6 is 0 Å². The number of hydrogen-bond donors (Lipinski definition) is 0. The molecule has 3 rings (SSSR count). The maximum absolute atomic E-state index is 2.64. The van der Waals surface area contributed by atoms with Crippen LogP contribution in [0.25, 0.3) is 0 Å². The highest BCUT2D eigenvalue weighted by Gasteiger charge is 2.59. The summed E-state index contributed by atoms with van der Waals surface area (Å²) in [6, 6.07) is 2.16. The molecule has 0 aromatic heterocycles. The van der Waals surface area contributed by atoms with E-state index in [-0.39, 0.29) is 0 Å². The van der Waals surface area contributed by atoms with Crippen LogP contribution in [0.5, 0.6) is 0 Å². The van der Waals surface area contributed by atoms with Crippen LogP contribution in [-0.4, -0.2) is 23.5 Å². The highest BCUT2D eigenvalue weighted by Crippen LogP contribution is 2.54. The Bertz CT molecular complexity index is 107. The van der Waals surface area contributed by atoms with Crippen LogP contribution in [0.1, 0.15) is 12.8 Å². The summed E-state index contributed by atoms with van der Waals surface area (Å²) in [6.45, 7) is 1.45. The molecule has 3 fully saturated rings. The molecule has 4 atom stereocenters. The number of rotatable bonds is 0. The van der Waals surface area contributed by atoms with Gasteiger partial charge in [-0.3, -0.25) is 4.90 Å². The average molecular weight is 95.1 g/mol. The molecule has 2 saturated heterocycles. The van der Waals surface area contributed by atoms with Gasteiger partial charge in [0.25, 0.3) is 0 Å². The molecule has 0 aromatic rings. The van der Waals surface area contributed by atoms with Crippen LogP contribution in [0.2, 0.25) is 0 Å². The van der Waals surface area contributed by atoms with Gasteiger partial charge >= 0.3 is 0 Å². The van der Waals surface area contributed by atoms with Gasteiger partial charge in [0, 0.05) is 18.6 Å². The molecule has 0 aromatic carbocycles. The number of piperidine rings is 2. The van der Waals surface area contributed by atoms with Crippen molar-refractivity contribution in [2.24, 2.45) is 5.92 Å². The molecule has 4 unspecified atom stereocenters. The third kappa shape index (κ3) is 0.235. The summed E-state index contributed by atoms with van der Waals surface area (Å²) < 4.78 is 0. The molecule has 38 valence electrons. The van der Waals surface area contributed by atoms with Gasteiger partial charge in [0.05, 0.1) is 0 Å². The number of hydrogen-bond acceptors (Lipinski definition) is 1. The Labute approximate surface area is 43.3 Å². The lowest BCUT2D eigenvalue weighted by Gasteiger charge is -1.86. The van der Waals surface area contributed by atoms with Crippen molar-refractivity contribution in [2.75, 3.05) is 6.54 Å². The summed E-state index contributed by atoms with van der Waals surface area (Å²) in [4.78, 5) is 2.64. The van der Waals surface area contributed by atoms with Crippen LogP contribution in [0.15, 0.2) is 0 Å². The fourth-order valence-electron chi connectivity index (χ4n) is 2.05. The van der Waals surface area contributed by atoms with E-state index in [1.807, 2.05) is 0 Å². The van der Waals surface area contributed by atoms with Crippen LogP contribution in [-0.2, 0) is 0 Å². The first-order chi connectivity index (χ1) is 3.45. The monoisotopic (exact) mass is 95.1 g/mol. The number of nitrogens with zero attached hydrogens (tertiary/aromatic N) is 1. The molecule has 0 radical (unpaired) electrons. The van der Waals surface area contributed by atoms with E-state index in [1.165, 1.54) is 18.9 Å². The van der Waals surface area contributed by atoms with E-state index in [0.717, 1.165) is 12.1 Å². The molecule has 1 heteroatoms. The lowest BCUT2D eigenvalue weighted by atomic mass is 10.2. The lowest BCUT2D eigenvalue weighted by molar-refractivity contribution is 0.541. The molecule has 0 N–H and O–H groups in total. The van der Waals surface area contributed by atoms with Gasteiger partial charge < -0.3 is 0 Å². The minimum absolute atomic E-state index is 1.07. The molecule has 2 aliphatic heterocycles. The van der Waals surface area contributed by atoms with Crippen molar-refractivity contribution in [1.82, 2.24) is 4.90 Å². The molecular weight excluding hydrogens is 86.1 g/mol. The topological polar surface area (TPSA) is 3.01 Å². The first kappa shape index (κ1) is 3.08. The van der Waals surface area contributed by atoms with Crippen molar-refractivity contribution in [2.45, 2.75) is 24.9 Å². The summed E-state index contributed by atoms with van der Waals surface area (Å²) in [5.41, 5.74) is 0. The zero-order valence-electron chi connectivity index (χ0n) is 4.30. The lowest BCUT2D eigenvalue weighted by Crippen LogP contribution is -1.96. The van der Waals surface area contributed by atoms with Crippen LogP contribution in [0.3, 0.4) is 0 Å². The summed E-state index contributed by atoms with van der Waals surface area (Å²) in [6.07, 6.45) is 3.08. The highest BCUT2D eigenvalue weighted by atomic mass is 15.4. The molecule has 1 nitrogen and oxygen atoms in total. The van der Waals surface area contributed by atoms with Gasteiger partial charge in [-0.2, -0.15) is 0 Å². The molecule has 1 aliphatic carbocycles.